The summed E-state index contributed by atoms with van der Waals surface area (Å²) in [5.41, 5.74) is 1.71. The summed E-state index contributed by atoms with van der Waals surface area (Å²) >= 11 is 0. The van der Waals surface area contributed by atoms with E-state index in [4.69, 9.17) is 9.15 Å². The lowest BCUT2D eigenvalue weighted by molar-refractivity contribution is 0.419. The zero-order valence-electron chi connectivity index (χ0n) is 14.0. The second-order valence-corrected chi connectivity index (χ2v) is 5.85. The second kappa shape index (κ2) is 7.37. The van der Waals surface area contributed by atoms with Crippen LogP contribution in [0.25, 0.3) is 11.0 Å². The maximum Gasteiger partial charge on any atom is 0.223 e. The summed E-state index contributed by atoms with van der Waals surface area (Å²) in [6.07, 6.45) is 1.62. The molecule has 0 amide bonds. The number of halogens is 1. The average Bonchev–Trinajstić information content (AvgIpc) is 3.08. The van der Waals surface area contributed by atoms with Crippen LogP contribution < -0.4 is 10.1 Å². The number of aromatic nitrogens is 1. The molecule has 0 unspecified atom stereocenters. The van der Waals surface area contributed by atoms with Crippen LogP contribution >= 0.6 is 0 Å². The predicted molar refractivity (Wildman–Crippen MR) is 97.5 cm³/mol. The van der Waals surface area contributed by atoms with Crippen LogP contribution in [-0.2, 0) is 13.1 Å². The van der Waals surface area contributed by atoms with E-state index in [9.17, 15) is 4.39 Å². The van der Waals surface area contributed by atoms with E-state index in [-0.39, 0.29) is 5.75 Å². The molecule has 0 spiro atoms. The smallest absolute Gasteiger partial charge is 0.223 e. The third-order valence-corrected chi connectivity index (χ3v) is 3.98. The van der Waals surface area contributed by atoms with Gasteiger partial charge >= 0.3 is 0 Å². The van der Waals surface area contributed by atoms with Crippen molar-refractivity contribution in [2.24, 2.45) is 0 Å². The molecule has 4 rings (SSSR count). The lowest BCUT2D eigenvalue weighted by atomic mass is 10.2. The van der Waals surface area contributed by atoms with E-state index < -0.39 is 5.82 Å². The highest BCUT2D eigenvalue weighted by Gasteiger charge is 2.09. The lowest BCUT2D eigenvalue weighted by Gasteiger charge is -2.10. The van der Waals surface area contributed by atoms with Crippen molar-refractivity contribution in [1.82, 2.24) is 10.3 Å². The predicted octanol–water partition coefficient (Wildman–Crippen LogP) is 5.05. The van der Waals surface area contributed by atoms with E-state index >= 15 is 0 Å². The maximum atomic E-state index is 13.8. The van der Waals surface area contributed by atoms with Crippen LogP contribution in [0.5, 0.6) is 11.6 Å². The lowest BCUT2D eigenvalue weighted by Crippen LogP contribution is -2.13. The zero-order chi connectivity index (χ0) is 17.8. The van der Waals surface area contributed by atoms with E-state index in [0.717, 1.165) is 22.3 Å². The van der Waals surface area contributed by atoms with Crippen molar-refractivity contribution in [2.45, 2.75) is 13.1 Å². The standard InChI is InChI=1S/C21H17FN2O2/c22-18-8-2-4-10-20(18)26-21-16(7-5-11-24-21)13-23-14-17-12-15-6-1-3-9-19(15)25-17/h1-12,23H,13-14H2. The molecule has 26 heavy (non-hydrogen) atoms. The van der Waals surface area contributed by atoms with Crippen molar-refractivity contribution in [3.05, 3.63) is 90.1 Å². The molecule has 0 saturated heterocycles. The first-order valence-corrected chi connectivity index (χ1v) is 8.34. The molecule has 130 valence electrons. The fourth-order valence-electron chi connectivity index (χ4n) is 2.73. The van der Waals surface area contributed by atoms with Crippen LogP contribution in [0.1, 0.15) is 11.3 Å². The molecule has 4 aromatic rings. The molecule has 5 heteroatoms. The molecule has 0 atom stereocenters. The van der Waals surface area contributed by atoms with Crippen LogP contribution in [0.2, 0.25) is 0 Å². The highest BCUT2D eigenvalue weighted by molar-refractivity contribution is 5.77. The van der Waals surface area contributed by atoms with Crippen LogP contribution in [-0.4, -0.2) is 4.98 Å². The largest absolute Gasteiger partial charge is 0.460 e. The van der Waals surface area contributed by atoms with Crippen molar-refractivity contribution in [3.63, 3.8) is 0 Å². The summed E-state index contributed by atoms with van der Waals surface area (Å²) < 4.78 is 25.2. The second-order valence-electron chi connectivity index (χ2n) is 5.85. The van der Waals surface area contributed by atoms with Crippen molar-refractivity contribution in [1.29, 1.82) is 0 Å². The average molecular weight is 348 g/mol. The Morgan fingerprint density at radius 1 is 0.962 bits per heavy atom. The van der Waals surface area contributed by atoms with E-state index in [1.807, 2.05) is 42.5 Å². The Labute approximate surface area is 150 Å². The molecule has 0 aliphatic heterocycles. The molecular weight excluding hydrogens is 331 g/mol. The van der Waals surface area contributed by atoms with Gasteiger partial charge in [-0.15, -0.1) is 0 Å². The number of benzene rings is 2. The Morgan fingerprint density at radius 3 is 2.69 bits per heavy atom. The minimum atomic E-state index is -0.417. The molecule has 2 aromatic heterocycles. The number of nitrogens with one attached hydrogen (secondary N) is 1. The van der Waals surface area contributed by atoms with Crippen LogP contribution in [0.15, 0.2) is 77.3 Å². The van der Waals surface area contributed by atoms with Crippen molar-refractivity contribution < 1.29 is 13.5 Å². The number of rotatable bonds is 6. The quantitative estimate of drug-likeness (QED) is 0.530. The normalized spacial score (nSPS) is 11.0. The van der Waals surface area contributed by atoms with Gasteiger partial charge in [-0.1, -0.05) is 36.4 Å². The molecule has 0 radical (unpaired) electrons. The minimum Gasteiger partial charge on any atom is -0.460 e. The molecule has 0 saturated carbocycles. The first-order valence-electron chi connectivity index (χ1n) is 8.34. The van der Waals surface area contributed by atoms with E-state index in [1.54, 1.807) is 24.4 Å². The van der Waals surface area contributed by atoms with Crippen LogP contribution in [0.4, 0.5) is 4.39 Å². The monoisotopic (exact) mass is 348 g/mol. The first kappa shape index (κ1) is 16.3. The van der Waals surface area contributed by atoms with Crippen LogP contribution in [0, 0.1) is 5.82 Å². The molecule has 1 N–H and O–H groups in total. The molecule has 4 nitrogen and oxygen atoms in total. The number of nitrogens with zero attached hydrogens (tertiary/aromatic N) is 1. The highest BCUT2D eigenvalue weighted by Crippen LogP contribution is 2.25. The zero-order valence-corrected chi connectivity index (χ0v) is 14.0. The Morgan fingerprint density at radius 2 is 1.81 bits per heavy atom. The Hall–Kier alpha value is -3.18. The molecule has 0 aliphatic rings. The Bertz CT molecular complexity index is 996. The molecule has 0 fully saturated rings. The van der Waals surface area contributed by atoms with Crippen molar-refractivity contribution >= 4 is 11.0 Å². The van der Waals surface area contributed by atoms with Gasteiger partial charge in [0, 0.05) is 23.7 Å². The van der Waals surface area contributed by atoms with Gasteiger partial charge in [0.05, 0.1) is 6.54 Å². The molecule has 0 aliphatic carbocycles. The SMILES string of the molecule is Fc1ccccc1Oc1ncccc1CNCc1cc2ccccc2o1. The van der Waals surface area contributed by atoms with E-state index in [2.05, 4.69) is 10.3 Å². The van der Waals surface area contributed by atoms with Crippen molar-refractivity contribution in [2.75, 3.05) is 0 Å². The number of fused-ring (bicyclic) bond motifs is 1. The van der Waals surface area contributed by atoms with Gasteiger partial charge in [0.1, 0.15) is 11.3 Å². The summed E-state index contributed by atoms with van der Waals surface area (Å²) in [5.74, 6) is 0.977. The Balaban J connectivity index is 1.44. The minimum absolute atomic E-state index is 0.157. The van der Waals surface area contributed by atoms with Gasteiger partial charge in [0.2, 0.25) is 5.88 Å². The summed E-state index contributed by atoms with van der Waals surface area (Å²) in [6, 6.07) is 19.9. The third-order valence-electron chi connectivity index (χ3n) is 3.98. The van der Waals surface area contributed by atoms with Crippen molar-refractivity contribution in [3.8, 4) is 11.6 Å². The third kappa shape index (κ3) is 3.58. The topological polar surface area (TPSA) is 47.3 Å². The fraction of sp³-hybridized carbons (Fsp3) is 0.0952. The molecule has 0 bridgehead atoms. The summed E-state index contributed by atoms with van der Waals surface area (Å²) in [7, 11) is 0. The number of hydrogen-bond acceptors (Lipinski definition) is 4. The molecular formula is C21H17FN2O2. The number of para-hydroxylation sites is 2. The number of hydrogen-bond donors (Lipinski definition) is 1. The van der Waals surface area contributed by atoms with E-state index in [0.29, 0.717) is 19.0 Å². The first-order chi connectivity index (χ1) is 12.8. The van der Waals surface area contributed by atoms with Gasteiger partial charge in [0.25, 0.3) is 0 Å². The summed E-state index contributed by atoms with van der Waals surface area (Å²) in [6.45, 7) is 1.09. The highest BCUT2D eigenvalue weighted by atomic mass is 19.1. The van der Waals surface area contributed by atoms with Gasteiger partial charge in [-0.05, 0) is 30.3 Å². The Kier molecular flexibility index (Phi) is 4.62. The number of pyridine rings is 1. The van der Waals surface area contributed by atoms with Crippen LogP contribution in [0.3, 0.4) is 0 Å². The summed E-state index contributed by atoms with van der Waals surface area (Å²) in [4.78, 5) is 4.22. The van der Waals surface area contributed by atoms with Gasteiger partial charge in [-0.25, -0.2) is 9.37 Å². The summed E-state index contributed by atoms with van der Waals surface area (Å²) in [5, 5.41) is 4.39. The number of ether oxygens (including phenoxy) is 1. The number of furan rings is 1. The maximum absolute atomic E-state index is 13.8. The van der Waals surface area contributed by atoms with Gasteiger partial charge in [-0.3, -0.25) is 0 Å². The molecule has 2 heterocycles. The van der Waals surface area contributed by atoms with Gasteiger partial charge < -0.3 is 14.5 Å². The van der Waals surface area contributed by atoms with Gasteiger partial charge in [-0.2, -0.15) is 0 Å². The van der Waals surface area contributed by atoms with E-state index in [1.165, 1.54) is 6.07 Å². The fourth-order valence-corrected chi connectivity index (χ4v) is 2.73. The van der Waals surface area contributed by atoms with Gasteiger partial charge in [0.15, 0.2) is 11.6 Å². The molecule has 2 aromatic carbocycles.